The maximum Gasteiger partial charge on any atom is 0.262 e. The Morgan fingerprint density at radius 2 is 1.53 bits per heavy atom. The second kappa shape index (κ2) is 16.5. The van der Waals surface area contributed by atoms with Crippen molar-refractivity contribution in [2.45, 2.75) is 47.1 Å². The van der Waals surface area contributed by atoms with Gasteiger partial charge >= 0.3 is 0 Å². The van der Waals surface area contributed by atoms with Crippen LogP contribution in [-0.2, 0) is 14.4 Å². The van der Waals surface area contributed by atoms with E-state index in [9.17, 15) is 14.4 Å². The van der Waals surface area contributed by atoms with Gasteiger partial charge in [-0.05, 0) is 80.1 Å². The van der Waals surface area contributed by atoms with Crippen LogP contribution in [0.3, 0.4) is 0 Å². The molecule has 10 heteroatoms. The van der Waals surface area contributed by atoms with E-state index in [1.54, 1.807) is 30.3 Å². The third-order valence-corrected chi connectivity index (χ3v) is 6.19. The normalized spacial score (nSPS) is 11.6. The summed E-state index contributed by atoms with van der Waals surface area (Å²) in [6.45, 7) is 9.57. The Morgan fingerprint density at radius 3 is 2.21 bits per heavy atom. The number of para-hydroxylation sites is 2. The summed E-state index contributed by atoms with van der Waals surface area (Å²) in [7, 11) is 0. The van der Waals surface area contributed by atoms with Crippen LogP contribution in [0.4, 0.5) is 5.69 Å². The highest BCUT2D eigenvalue weighted by Crippen LogP contribution is 2.28. The lowest BCUT2D eigenvalue weighted by Gasteiger charge is -2.19. The van der Waals surface area contributed by atoms with Crippen LogP contribution in [0.5, 0.6) is 17.2 Å². The summed E-state index contributed by atoms with van der Waals surface area (Å²) in [6.07, 6.45) is 1.89. The highest BCUT2D eigenvalue weighted by Gasteiger charge is 2.22. The van der Waals surface area contributed by atoms with Gasteiger partial charge in [-0.15, -0.1) is 0 Å². The molecule has 0 heterocycles. The Balaban J connectivity index is 1.57. The van der Waals surface area contributed by atoms with Crippen molar-refractivity contribution < 1.29 is 28.6 Å². The number of ether oxygens (including phenoxy) is 3. The number of hydrazone groups is 1. The molecular weight excluding hydrogens is 548 g/mol. The molecule has 0 saturated carbocycles. The molecular formula is C33H40N4O6. The van der Waals surface area contributed by atoms with Gasteiger partial charge in [0.25, 0.3) is 17.7 Å². The van der Waals surface area contributed by atoms with Gasteiger partial charge in [-0.2, -0.15) is 5.10 Å². The molecule has 0 bridgehead atoms. The summed E-state index contributed by atoms with van der Waals surface area (Å²) < 4.78 is 17.1. The van der Waals surface area contributed by atoms with Gasteiger partial charge in [0.2, 0.25) is 0 Å². The van der Waals surface area contributed by atoms with Crippen LogP contribution in [0.25, 0.3) is 0 Å². The molecule has 3 N–H and O–H groups in total. The van der Waals surface area contributed by atoms with Gasteiger partial charge in [0.05, 0.1) is 12.8 Å². The first-order chi connectivity index (χ1) is 20.7. The predicted octanol–water partition coefficient (Wildman–Crippen LogP) is 4.78. The Kier molecular flexibility index (Phi) is 12.6. The molecule has 3 rings (SSSR count). The van der Waals surface area contributed by atoms with Crippen molar-refractivity contribution >= 4 is 29.6 Å². The van der Waals surface area contributed by atoms with Crippen LogP contribution in [-0.4, -0.2) is 49.8 Å². The van der Waals surface area contributed by atoms with E-state index in [0.29, 0.717) is 41.5 Å². The number of aryl methyl sites for hydroxylation is 2. The molecule has 0 fully saturated rings. The fraction of sp³-hybridized carbons (Fsp3) is 0.333. The second-order valence-electron chi connectivity index (χ2n) is 10.3. The predicted molar refractivity (Wildman–Crippen MR) is 167 cm³/mol. The van der Waals surface area contributed by atoms with Crippen molar-refractivity contribution in [2.75, 3.05) is 25.1 Å². The maximum atomic E-state index is 12.9. The summed E-state index contributed by atoms with van der Waals surface area (Å²) in [5.74, 6) is 0.484. The average Bonchev–Trinajstić information content (AvgIpc) is 2.96. The van der Waals surface area contributed by atoms with E-state index >= 15 is 0 Å². The van der Waals surface area contributed by atoms with E-state index in [1.165, 1.54) is 6.21 Å². The lowest BCUT2D eigenvalue weighted by atomic mass is 10.0. The highest BCUT2D eigenvalue weighted by atomic mass is 16.5. The van der Waals surface area contributed by atoms with Gasteiger partial charge in [-0.1, -0.05) is 50.2 Å². The minimum atomic E-state index is -0.789. The fourth-order valence-corrected chi connectivity index (χ4v) is 4.21. The Bertz CT molecular complexity index is 1390. The van der Waals surface area contributed by atoms with Crippen molar-refractivity contribution in [3.05, 3.63) is 83.4 Å². The molecule has 43 heavy (non-hydrogen) atoms. The molecule has 0 radical (unpaired) electrons. The standard InChI is InChI=1S/C33H40N4O6/c1-6-41-29-18-25(15-16-28(29)42-20-30(38)35-26-13-8-7-9-14-26)19-34-37-33(40)27(17-22(2)3)36-31(39)21-43-32-23(4)11-10-12-24(32)5/h7-16,18-19,22,27H,6,17,20-21H2,1-5H3,(H,35,38)(H,36,39)(H,37,40)/b34-19-/t27-/m1/s1. The number of rotatable bonds is 15. The summed E-state index contributed by atoms with van der Waals surface area (Å²) in [6, 6.07) is 19.2. The molecule has 0 saturated heterocycles. The first-order valence-corrected chi connectivity index (χ1v) is 14.2. The Morgan fingerprint density at radius 1 is 0.837 bits per heavy atom. The number of carbonyl (C=O) groups is 3. The second-order valence-corrected chi connectivity index (χ2v) is 10.3. The minimum Gasteiger partial charge on any atom is -0.490 e. The number of hydrogen-bond donors (Lipinski definition) is 3. The monoisotopic (exact) mass is 588 g/mol. The summed E-state index contributed by atoms with van der Waals surface area (Å²) in [5, 5.41) is 9.60. The minimum absolute atomic E-state index is 0.149. The van der Waals surface area contributed by atoms with Crippen molar-refractivity contribution in [3.63, 3.8) is 0 Å². The molecule has 10 nitrogen and oxygen atoms in total. The molecule has 0 unspecified atom stereocenters. The Hall–Kier alpha value is -4.86. The third-order valence-electron chi connectivity index (χ3n) is 6.19. The van der Waals surface area contributed by atoms with Crippen molar-refractivity contribution in [1.82, 2.24) is 10.7 Å². The number of hydrogen-bond acceptors (Lipinski definition) is 7. The zero-order valence-electron chi connectivity index (χ0n) is 25.3. The number of amides is 3. The topological polar surface area (TPSA) is 127 Å². The van der Waals surface area contributed by atoms with E-state index in [2.05, 4.69) is 21.2 Å². The molecule has 3 aromatic rings. The number of benzene rings is 3. The number of carbonyl (C=O) groups excluding carboxylic acids is 3. The Labute approximate surface area is 252 Å². The van der Waals surface area contributed by atoms with Gasteiger partial charge in [-0.25, -0.2) is 5.43 Å². The van der Waals surface area contributed by atoms with E-state index in [-0.39, 0.29) is 25.0 Å². The highest BCUT2D eigenvalue weighted by molar-refractivity contribution is 5.92. The van der Waals surface area contributed by atoms with Gasteiger partial charge in [0, 0.05) is 5.69 Å². The smallest absolute Gasteiger partial charge is 0.262 e. The van der Waals surface area contributed by atoms with Gasteiger partial charge in [0.1, 0.15) is 11.8 Å². The molecule has 0 aromatic heterocycles. The SMILES string of the molecule is CCOc1cc(/C=N\NC(=O)[C@@H](CC(C)C)NC(=O)COc2c(C)cccc2C)ccc1OCC(=O)Nc1ccccc1. The maximum absolute atomic E-state index is 12.9. The summed E-state index contributed by atoms with van der Waals surface area (Å²) in [5.41, 5.74) is 5.68. The fourth-order valence-electron chi connectivity index (χ4n) is 4.21. The lowest BCUT2D eigenvalue weighted by Crippen LogP contribution is -2.47. The van der Waals surface area contributed by atoms with Crippen molar-refractivity contribution in [3.8, 4) is 17.2 Å². The van der Waals surface area contributed by atoms with Crippen LogP contribution in [0.2, 0.25) is 0 Å². The van der Waals surface area contributed by atoms with Crippen LogP contribution < -0.4 is 30.3 Å². The first-order valence-electron chi connectivity index (χ1n) is 14.2. The largest absolute Gasteiger partial charge is 0.490 e. The molecule has 3 amide bonds. The molecule has 0 aliphatic carbocycles. The van der Waals surface area contributed by atoms with Crippen LogP contribution in [0.15, 0.2) is 71.8 Å². The zero-order chi connectivity index (χ0) is 31.2. The zero-order valence-corrected chi connectivity index (χ0v) is 25.3. The quantitative estimate of drug-likeness (QED) is 0.173. The van der Waals surface area contributed by atoms with Crippen molar-refractivity contribution in [2.24, 2.45) is 11.0 Å². The van der Waals surface area contributed by atoms with Gasteiger partial charge in [-0.3, -0.25) is 14.4 Å². The summed E-state index contributed by atoms with van der Waals surface area (Å²) >= 11 is 0. The molecule has 3 aromatic carbocycles. The molecule has 0 aliphatic rings. The number of nitrogens with one attached hydrogen (secondary N) is 3. The van der Waals surface area contributed by atoms with Crippen LogP contribution in [0, 0.1) is 19.8 Å². The number of nitrogens with zero attached hydrogens (tertiary/aromatic N) is 1. The number of anilines is 1. The molecule has 228 valence electrons. The van der Waals surface area contributed by atoms with Crippen LogP contribution in [0.1, 0.15) is 43.9 Å². The van der Waals surface area contributed by atoms with E-state index < -0.39 is 17.9 Å². The van der Waals surface area contributed by atoms with E-state index in [1.807, 2.05) is 71.0 Å². The first kappa shape index (κ1) is 32.7. The molecule has 1 atom stereocenters. The van der Waals surface area contributed by atoms with Crippen molar-refractivity contribution in [1.29, 1.82) is 0 Å². The van der Waals surface area contributed by atoms with Gasteiger partial charge < -0.3 is 24.8 Å². The van der Waals surface area contributed by atoms with Crippen LogP contribution >= 0.6 is 0 Å². The molecule has 0 spiro atoms. The van der Waals surface area contributed by atoms with E-state index in [0.717, 1.165) is 11.1 Å². The average molecular weight is 589 g/mol. The summed E-state index contributed by atoms with van der Waals surface area (Å²) in [4.78, 5) is 37.8. The third kappa shape index (κ3) is 10.8. The van der Waals surface area contributed by atoms with E-state index in [4.69, 9.17) is 14.2 Å². The van der Waals surface area contributed by atoms with Gasteiger partial charge in [0.15, 0.2) is 24.7 Å². The lowest BCUT2D eigenvalue weighted by molar-refractivity contribution is -0.130. The molecule has 0 aliphatic heterocycles.